The number of fused-ring (bicyclic) bond motifs is 1. The van der Waals surface area contributed by atoms with Crippen LogP contribution < -0.4 is 0 Å². The maximum absolute atomic E-state index is 5.84. The molecule has 98 valence electrons. The van der Waals surface area contributed by atoms with E-state index in [2.05, 4.69) is 15.1 Å². The second-order valence-corrected chi connectivity index (χ2v) is 4.78. The minimum Gasteiger partial charge on any atom is -0.364 e. The summed E-state index contributed by atoms with van der Waals surface area (Å²) in [5.74, 6) is 1.45. The summed E-state index contributed by atoms with van der Waals surface area (Å²) in [6.45, 7) is 2.60. The lowest BCUT2D eigenvalue weighted by molar-refractivity contribution is 0.409. The van der Waals surface area contributed by atoms with Crippen molar-refractivity contribution < 1.29 is 4.52 Å². The Morgan fingerprint density at radius 2 is 2.32 bits per heavy atom. The number of hydrogen-bond acceptors (Lipinski definition) is 4. The number of aryl methyl sites for hydroxylation is 2. The minimum atomic E-state index is 0.529. The van der Waals surface area contributed by atoms with Crippen LogP contribution in [0.3, 0.4) is 0 Å². The third-order valence-electron chi connectivity index (χ3n) is 2.93. The summed E-state index contributed by atoms with van der Waals surface area (Å²) in [4.78, 5) is 9.06. The van der Waals surface area contributed by atoms with Gasteiger partial charge in [0.05, 0.1) is 6.54 Å². The summed E-state index contributed by atoms with van der Waals surface area (Å²) in [6, 6.07) is 3.86. The number of hydrogen-bond donors (Lipinski definition) is 0. The SMILES string of the molecule is Cc1cnc2c(c1)nc(CCCl)n2Cc1ccon1. The van der Waals surface area contributed by atoms with Crippen LogP contribution in [0.5, 0.6) is 0 Å². The van der Waals surface area contributed by atoms with E-state index in [-0.39, 0.29) is 0 Å². The molecule has 0 radical (unpaired) electrons. The van der Waals surface area contributed by atoms with Gasteiger partial charge in [-0.05, 0) is 18.6 Å². The molecule has 0 saturated carbocycles. The number of nitrogens with zero attached hydrogens (tertiary/aromatic N) is 4. The Morgan fingerprint density at radius 3 is 3.05 bits per heavy atom. The summed E-state index contributed by atoms with van der Waals surface area (Å²) in [7, 11) is 0. The quantitative estimate of drug-likeness (QED) is 0.687. The highest BCUT2D eigenvalue weighted by Gasteiger charge is 2.13. The normalized spacial score (nSPS) is 11.3. The number of alkyl halides is 1. The predicted octanol–water partition coefficient (Wildman–Crippen LogP) is 2.56. The van der Waals surface area contributed by atoms with Crippen molar-refractivity contribution in [2.45, 2.75) is 19.9 Å². The van der Waals surface area contributed by atoms with E-state index < -0.39 is 0 Å². The van der Waals surface area contributed by atoms with Crippen molar-refractivity contribution in [3.63, 3.8) is 0 Å². The summed E-state index contributed by atoms with van der Waals surface area (Å²) in [5, 5.41) is 3.93. The molecule has 3 rings (SSSR count). The van der Waals surface area contributed by atoms with Gasteiger partial charge in [0.15, 0.2) is 5.65 Å². The van der Waals surface area contributed by atoms with Crippen molar-refractivity contribution in [2.24, 2.45) is 0 Å². The van der Waals surface area contributed by atoms with E-state index in [0.29, 0.717) is 18.8 Å². The average Bonchev–Trinajstić information content (AvgIpc) is 2.99. The van der Waals surface area contributed by atoms with E-state index in [1.807, 2.05) is 29.8 Å². The first kappa shape index (κ1) is 12.2. The Hall–Kier alpha value is -1.88. The van der Waals surface area contributed by atoms with Crippen LogP contribution in [0.2, 0.25) is 0 Å². The lowest BCUT2D eigenvalue weighted by Gasteiger charge is -2.05. The highest BCUT2D eigenvalue weighted by atomic mass is 35.5. The molecule has 5 nitrogen and oxygen atoms in total. The molecule has 3 aromatic rings. The number of aromatic nitrogens is 4. The molecule has 0 spiro atoms. The largest absolute Gasteiger partial charge is 0.364 e. The first-order valence-corrected chi connectivity index (χ1v) is 6.58. The number of rotatable bonds is 4. The van der Waals surface area contributed by atoms with Crippen molar-refractivity contribution in [3.05, 3.63) is 41.7 Å². The van der Waals surface area contributed by atoms with Crippen LogP contribution in [-0.4, -0.2) is 25.6 Å². The van der Waals surface area contributed by atoms with E-state index in [4.69, 9.17) is 16.1 Å². The molecule has 6 heteroatoms. The van der Waals surface area contributed by atoms with Crippen LogP contribution in [0.1, 0.15) is 17.1 Å². The van der Waals surface area contributed by atoms with Gasteiger partial charge in [0.2, 0.25) is 0 Å². The van der Waals surface area contributed by atoms with Gasteiger partial charge < -0.3 is 9.09 Å². The van der Waals surface area contributed by atoms with Crippen LogP contribution in [0.4, 0.5) is 0 Å². The molecule has 0 aliphatic rings. The van der Waals surface area contributed by atoms with Crippen LogP contribution >= 0.6 is 11.6 Å². The van der Waals surface area contributed by atoms with Gasteiger partial charge in [-0.25, -0.2) is 9.97 Å². The molecule has 0 fully saturated rings. The molecule has 0 bridgehead atoms. The average molecular weight is 277 g/mol. The van der Waals surface area contributed by atoms with Crippen LogP contribution in [0.15, 0.2) is 29.1 Å². The molecule has 3 heterocycles. The fraction of sp³-hybridized carbons (Fsp3) is 0.308. The Balaban J connectivity index is 2.10. The summed E-state index contributed by atoms with van der Waals surface area (Å²) < 4.78 is 6.90. The fourth-order valence-electron chi connectivity index (χ4n) is 2.08. The van der Waals surface area contributed by atoms with Gasteiger partial charge in [-0.1, -0.05) is 5.16 Å². The molecule has 19 heavy (non-hydrogen) atoms. The Morgan fingerprint density at radius 1 is 1.42 bits per heavy atom. The molecular weight excluding hydrogens is 264 g/mol. The highest BCUT2D eigenvalue weighted by molar-refractivity contribution is 6.17. The Kier molecular flexibility index (Phi) is 3.21. The van der Waals surface area contributed by atoms with Gasteiger partial charge >= 0.3 is 0 Å². The van der Waals surface area contributed by atoms with E-state index in [0.717, 1.165) is 28.2 Å². The second-order valence-electron chi connectivity index (χ2n) is 4.40. The summed E-state index contributed by atoms with van der Waals surface area (Å²) in [6.07, 6.45) is 4.11. The van der Waals surface area contributed by atoms with Crippen molar-refractivity contribution in [2.75, 3.05) is 5.88 Å². The van der Waals surface area contributed by atoms with Gasteiger partial charge in [-0.15, -0.1) is 11.6 Å². The zero-order valence-corrected chi connectivity index (χ0v) is 11.3. The summed E-state index contributed by atoms with van der Waals surface area (Å²) in [5.41, 5.74) is 3.69. The molecule has 0 amide bonds. The van der Waals surface area contributed by atoms with Crippen LogP contribution in [0, 0.1) is 6.92 Å². The molecule has 0 aliphatic heterocycles. The molecule has 3 aromatic heterocycles. The first-order valence-electron chi connectivity index (χ1n) is 6.05. The molecule has 0 unspecified atom stereocenters. The fourth-order valence-corrected chi connectivity index (χ4v) is 2.25. The standard InChI is InChI=1S/C13H13ClN4O/c1-9-6-11-13(15-7-9)18(12(16-11)2-4-14)8-10-3-5-19-17-10/h3,5-7H,2,4,8H2,1H3. The molecule has 0 aliphatic carbocycles. The molecular formula is C13H13ClN4O. The number of halogens is 1. The zero-order valence-electron chi connectivity index (χ0n) is 10.5. The van der Waals surface area contributed by atoms with Gasteiger partial charge in [-0.2, -0.15) is 0 Å². The van der Waals surface area contributed by atoms with E-state index in [1.54, 1.807) is 6.26 Å². The second kappa shape index (κ2) is 5.01. The van der Waals surface area contributed by atoms with Crippen LogP contribution in [0.25, 0.3) is 11.2 Å². The lowest BCUT2D eigenvalue weighted by atomic mass is 10.3. The maximum Gasteiger partial charge on any atom is 0.160 e. The maximum atomic E-state index is 5.84. The summed E-state index contributed by atoms with van der Waals surface area (Å²) >= 11 is 5.84. The van der Waals surface area contributed by atoms with Gasteiger partial charge in [0, 0.05) is 24.6 Å². The highest BCUT2D eigenvalue weighted by Crippen LogP contribution is 2.17. The number of imidazole rings is 1. The monoisotopic (exact) mass is 276 g/mol. The molecule has 0 atom stereocenters. The van der Waals surface area contributed by atoms with E-state index >= 15 is 0 Å². The van der Waals surface area contributed by atoms with Crippen molar-refractivity contribution >= 4 is 22.8 Å². The molecule has 0 saturated heterocycles. The molecule has 0 N–H and O–H groups in total. The van der Waals surface area contributed by atoms with Crippen molar-refractivity contribution in [1.82, 2.24) is 19.7 Å². The first-order chi connectivity index (χ1) is 9.28. The third-order valence-corrected chi connectivity index (χ3v) is 3.12. The Labute approximate surface area is 115 Å². The lowest BCUT2D eigenvalue weighted by Crippen LogP contribution is -2.06. The van der Waals surface area contributed by atoms with Crippen molar-refractivity contribution in [3.8, 4) is 0 Å². The zero-order chi connectivity index (χ0) is 13.2. The molecule has 0 aromatic carbocycles. The van der Waals surface area contributed by atoms with E-state index in [1.165, 1.54) is 0 Å². The van der Waals surface area contributed by atoms with Gasteiger partial charge in [0.25, 0.3) is 0 Å². The topological polar surface area (TPSA) is 56.7 Å². The van der Waals surface area contributed by atoms with Crippen molar-refractivity contribution in [1.29, 1.82) is 0 Å². The number of pyridine rings is 1. The van der Waals surface area contributed by atoms with E-state index in [9.17, 15) is 0 Å². The Bertz CT molecular complexity index is 690. The third kappa shape index (κ3) is 2.33. The minimum absolute atomic E-state index is 0.529. The predicted molar refractivity (Wildman–Crippen MR) is 72.3 cm³/mol. The van der Waals surface area contributed by atoms with Crippen LogP contribution in [-0.2, 0) is 13.0 Å². The smallest absolute Gasteiger partial charge is 0.160 e. The van der Waals surface area contributed by atoms with Gasteiger partial charge in [0.1, 0.15) is 23.3 Å². The van der Waals surface area contributed by atoms with Gasteiger partial charge in [-0.3, -0.25) is 0 Å².